The molecule has 0 radical (unpaired) electrons. The summed E-state index contributed by atoms with van der Waals surface area (Å²) in [6.45, 7) is 7.26. The third kappa shape index (κ3) is 2.27. The van der Waals surface area contributed by atoms with E-state index in [0.717, 1.165) is 41.2 Å². The number of aromatic nitrogens is 3. The van der Waals surface area contributed by atoms with Gasteiger partial charge in [-0.25, -0.2) is 9.97 Å². The Balaban J connectivity index is 2.32. The monoisotopic (exact) mass is 280 g/mol. The van der Waals surface area contributed by atoms with Crippen LogP contribution < -0.4 is 5.73 Å². The first-order valence-corrected chi connectivity index (χ1v) is 7.30. The molecule has 0 saturated heterocycles. The summed E-state index contributed by atoms with van der Waals surface area (Å²) in [7, 11) is 0. The quantitative estimate of drug-likeness (QED) is 0.744. The van der Waals surface area contributed by atoms with E-state index in [4.69, 9.17) is 10.7 Å². The molecule has 0 aliphatic carbocycles. The van der Waals surface area contributed by atoms with Gasteiger partial charge in [0.15, 0.2) is 5.65 Å². The molecule has 1 aromatic carbocycles. The van der Waals surface area contributed by atoms with Crippen LogP contribution in [0.15, 0.2) is 30.5 Å². The number of anilines is 1. The van der Waals surface area contributed by atoms with E-state index >= 15 is 0 Å². The van der Waals surface area contributed by atoms with Gasteiger partial charge in [-0.2, -0.15) is 0 Å². The predicted octanol–water partition coefficient (Wildman–Crippen LogP) is 3.71. The largest absolute Gasteiger partial charge is 0.399 e. The number of aryl methyl sites for hydroxylation is 2. The van der Waals surface area contributed by atoms with Crippen LogP contribution in [0, 0.1) is 13.8 Å². The van der Waals surface area contributed by atoms with Crippen LogP contribution in [0.3, 0.4) is 0 Å². The molecule has 3 aromatic rings. The van der Waals surface area contributed by atoms with Crippen molar-refractivity contribution in [1.82, 2.24) is 14.5 Å². The van der Waals surface area contributed by atoms with Gasteiger partial charge in [0.05, 0.1) is 0 Å². The van der Waals surface area contributed by atoms with Crippen LogP contribution in [0.1, 0.15) is 24.5 Å². The van der Waals surface area contributed by atoms with Crippen LogP contribution in [-0.2, 0) is 6.54 Å². The molecule has 0 unspecified atom stereocenters. The second kappa shape index (κ2) is 5.20. The van der Waals surface area contributed by atoms with Crippen molar-refractivity contribution < 1.29 is 0 Å². The van der Waals surface area contributed by atoms with Crippen LogP contribution in [0.4, 0.5) is 5.69 Å². The maximum absolute atomic E-state index is 6.03. The molecule has 0 spiro atoms. The molecule has 0 saturated carbocycles. The molecule has 0 fully saturated rings. The maximum Gasteiger partial charge on any atom is 0.160 e. The molecular weight excluding hydrogens is 260 g/mol. The molecule has 0 amide bonds. The highest BCUT2D eigenvalue weighted by molar-refractivity contribution is 5.79. The Labute approximate surface area is 124 Å². The van der Waals surface area contributed by atoms with Crippen molar-refractivity contribution in [3.63, 3.8) is 0 Å². The van der Waals surface area contributed by atoms with Gasteiger partial charge < -0.3 is 10.3 Å². The van der Waals surface area contributed by atoms with Crippen LogP contribution >= 0.6 is 0 Å². The first-order chi connectivity index (χ1) is 10.1. The molecule has 2 N–H and O–H groups in total. The lowest BCUT2D eigenvalue weighted by Gasteiger charge is -2.12. The number of nitrogen functional groups attached to an aromatic ring is 1. The Morgan fingerprint density at radius 2 is 2.05 bits per heavy atom. The van der Waals surface area contributed by atoms with Crippen molar-refractivity contribution in [2.45, 2.75) is 33.7 Å². The lowest BCUT2D eigenvalue weighted by molar-refractivity contribution is 0.698. The van der Waals surface area contributed by atoms with Gasteiger partial charge >= 0.3 is 0 Å². The van der Waals surface area contributed by atoms with Crippen molar-refractivity contribution in [2.24, 2.45) is 0 Å². The van der Waals surface area contributed by atoms with Crippen LogP contribution in [-0.4, -0.2) is 14.5 Å². The molecule has 2 aromatic heterocycles. The average molecular weight is 280 g/mol. The Morgan fingerprint density at radius 1 is 1.24 bits per heavy atom. The average Bonchev–Trinajstić information content (AvgIpc) is 2.82. The van der Waals surface area contributed by atoms with Crippen molar-refractivity contribution >= 4 is 16.9 Å². The second-order valence-electron chi connectivity index (χ2n) is 5.44. The van der Waals surface area contributed by atoms with Gasteiger partial charge in [-0.1, -0.05) is 6.92 Å². The molecule has 3 rings (SSSR count). The van der Waals surface area contributed by atoms with Crippen molar-refractivity contribution in [2.75, 3.05) is 5.73 Å². The van der Waals surface area contributed by atoms with E-state index < -0.39 is 0 Å². The fourth-order valence-corrected chi connectivity index (χ4v) is 2.72. The number of hydrogen-bond acceptors (Lipinski definition) is 3. The minimum absolute atomic E-state index is 0.774. The minimum atomic E-state index is 0.774. The number of benzene rings is 1. The molecule has 2 heterocycles. The highest BCUT2D eigenvalue weighted by Crippen LogP contribution is 2.30. The number of nitrogens with zero attached hydrogens (tertiary/aromatic N) is 3. The highest BCUT2D eigenvalue weighted by Gasteiger charge is 2.15. The van der Waals surface area contributed by atoms with Crippen molar-refractivity contribution in [3.05, 3.63) is 41.6 Å². The lowest BCUT2D eigenvalue weighted by atomic mass is 10.0. The zero-order chi connectivity index (χ0) is 15.0. The number of hydrogen-bond donors (Lipinski definition) is 1. The Bertz CT molecular complexity index is 802. The predicted molar refractivity (Wildman–Crippen MR) is 87.1 cm³/mol. The molecule has 0 atom stereocenters. The number of nitrogens with two attached hydrogens (primary N) is 1. The van der Waals surface area contributed by atoms with Gasteiger partial charge in [0.1, 0.15) is 11.3 Å². The third-order valence-electron chi connectivity index (χ3n) is 3.88. The summed E-state index contributed by atoms with van der Waals surface area (Å²) < 4.78 is 2.19. The SMILES string of the molecule is CCCn1c(-c2cc(N)cc(C)c2C)nc2cccnc21. The zero-order valence-electron chi connectivity index (χ0n) is 12.7. The van der Waals surface area contributed by atoms with E-state index in [1.54, 1.807) is 0 Å². The first-order valence-electron chi connectivity index (χ1n) is 7.30. The molecule has 0 aliphatic rings. The fraction of sp³-hybridized carbons (Fsp3) is 0.294. The Hall–Kier alpha value is -2.36. The summed E-state index contributed by atoms with van der Waals surface area (Å²) in [6.07, 6.45) is 2.85. The van der Waals surface area contributed by atoms with E-state index in [1.807, 2.05) is 30.5 Å². The summed E-state index contributed by atoms with van der Waals surface area (Å²) in [6, 6.07) is 7.94. The van der Waals surface area contributed by atoms with Gasteiger partial charge in [-0.3, -0.25) is 0 Å². The van der Waals surface area contributed by atoms with Gasteiger partial charge in [-0.15, -0.1) is 0 Å². The van der Waals surface area contributed by atoms with Gasteiger partial charge in [0.25, 0.3) is 0 Å². The van der Waals surface area contributed by atoms with E-state index in [1.165, 1.54) is 11.1 Å². The summed E-state index contributed by atoms with van der Waals surface area (Å²) >= 11 is 0. The van der Waals surface area contributed by atoms with E-state index in [9.17, 15) is 0 Å². The van der Waals surface area contributed by atoms with Gasteiger partial charge in [0, 0.05) is 24.0 Å². The molecule has 0 bridgehead atoms. The number of pyridine rings is 1. The Kier molecular flexibility index (Phi) is 3.37. The number of rotatable bonds is 3. The van der Waals surface area contributed by atoms with Crippen LogP contribution in [0.25, 0.3) is 22.6 Å². The normalized spacial score (nSPS) is 11.2. The molecule has 108 valence electrons. The molecule has 4 heteroatoms. The molecular formula is C17H20N4. The van der Waals surface area contributed by atoms with Crippen LogP contribution in [0.5, 0.6) is 0 Å². The maximum atomic E-state index is 6.03. The van der Waals surface area contributed by atoms with E-state index in [2.05, 4.69) is 30.3 Å². The van der Waals surface area contributed by atoms with E-state index in [0.29, 0.717) is 0 Å². The van der Waals surface area contributed by atoms with E-state index in [-0.39, 0.29) is 0 Å². The summed E-state index contributed by atoms with van der Waals surface area (Å²) in [5, 5.41) is 0. The fourth-order valence-electron chi connectivity index (χ4n) is 2.72. The molecule has 4 nitrogen and oxygen atoms in total. The van der Waals surface area contributed by atoms with Crippen molar-refractivity contribution in [1.29, 1.82) is 0 Å². The molecule has 0 aliphatic heterocycles. The second-order valence-corrected chi connectivity index (χ2v) is 5.44. The summed E-state index contributed by atoms with van der Waals surface area (Å²) in [4.78, 5) is 9.28. The van der Waals surface area contributed by atoms with Crippen LogP contribution in [0.2, 0.25) is 0 Å². The summed E-state index contributed by atoms with van der Waals surface area (Å²) in [5.74, 6) is 0.957. The van der Waals surface area contributed by atoms with Gasteiger partial charge in [-0.05, 0) is 55.7 Å². The van der Waals surface area contributed by atoms with Crippen molar-refractivity contribution in [3.8, 4) is 11.4 Å². The minimum Gasteiger partial charge on any atom is -0.399 e. The lowest BCUT2D eigenvalue weighted by Crippen LogP contribution is -2.03. The Morgan fingerprint density at radius 3 is 2.81 bits per heavy atom. The first kappa shape index (κ1) is 13.6. The topological polar surface area (TPSA) is 56.7 Å². The number of fused-ring (bicyclic) bond motifs is 1. The zero-order valence-corrected chi connectivity index (χ0v) is 12.7. The highest BCUT2D eigenvalue weighted by atomic mass is 15.1. The number of imidazole rings is 1. The third-order valence-corrected chi connectivity index (χ3v) is 3.88. The van der Waals surface area contributed by atoms with Gasteiger partial charge in [0.2, 0.25) is 0 Å². The summed E-state index contributed by atoms with van der Waals surface area (Å²) in [5.41, 5.74) is 12.2. The standard InChI is InChI=1S/C17H20N4/c1-4-8-21-16(20-15-6-5-7-19-17(15)21)14-10-13(18)9-11(2)12(14)3/h5-7,9-10H,4,8,18H2,1-3H3. The molecule has 21 heavy (non-hydrogen) atoms. The smallest absolute Gasteiger partial charge is 0.160 e.